The number of likely N-dealkylation sites (N-methyl/N-ethyl adjacent to an activating group) is 1. The first-order valence-corrected chi connectivity index (χ1v) is 9.95. The van der Waals surface area contributed by atoms with Crippen LogP contribution >= 0.6 is 44.3 Å². The van der Waals surface area contributed by atoms with Gasteiger partial charge >= 0.3 is 0 Å². The van der Waals surface area contributed by atoms with Crippen LogP contribution in [0.4, 0.5) is 11.4 Å². The lowest BCUT2D eigenvalue weighted by atomic mass is 10.2. The molecule has 0 atom stereocenters. The van der Waals surface area contributed by atoms with Crippen molar-refractivity contribution in [2.45, 2.75) is 6.92 Å². The molecule has 0 aromatic heterocycles. The molecule has 7 heteroatoms. The van der Waals surface area contributed by atoms with Gasteiger partial charge < -0.3 is 14.9 Å². The third kappa shape index (κ3) is 5.22. The summed E-state index contributed by atoms with van der Waals surface area (Å²) < 4.78 is 1.29. The van der Waals surface area contributed by atoms with E-state index in [1.165, 1.54) is 5.69 Å². The van der Waals surface area contributed by atoms with Crippen LogP contribution < -0.4 is 4.90 Å². The maximum atomic E-state index is 9.76. The Hall–Kier alpha value is -1.08. The van der Waals surface area contributed by atoms with Crippen molar-refractivity contribution in [3.05, 3.63) is 50.9 Å². The Morgan fingerprint density at radius 3 is 2.15 bits per heavy atom. The number of rotatable bonds is 4. The normalized spacial score (nSPS) is 15.3. The minimum atomic E-state index is 0. The maximum Gasteiger partial charge on any atom is 0.143 e. The molecule has 4 nitrogen and oxygen atoms in total. The SMILES string of the molecule is CCN1CCN(c2ccc(N=Cc3cc(Br)c(O)c(Br)c3)cc2)CC1.Cl. The molecule has 0 aliphatic carbocycles. The van der Waals surface area contributed by atoms with E-state index in [9.17, 15) is 5.11 Å². The molecule has 1 heterocycles. The van der Waals surface area contributed by atoms with E-state index in [-0.39, 0.29) is 18.2 Å². The first kappa shape index (κ1) is 21.2. The maximum absolute atomic E-state index is 9.76. The number of nitrogens with zero attached hydrogens (tertiary/aromatic N) is 3. The van der Waals surface area contributed by atoms with Crippen molar-refractivity contribution in [3.8, 4) is 5.75 Å². The molecule has 3 rings (SSSR count). The molecule has 2 aromatic carbocycles. The van der Waals surface area contributed by atoms with E-state index in [1.54, 1.807) is 6.21 Å². The second kappa shape index (κ2) is 9.74. The van der Waals surface area contributed by atoms with Gasteiger partial charge in [-0.05, 0) is 80.4 Å². The van der Waals surface area contributed by atoms with Gasteiger partial charge in [-0.2, -0.15) is 0 Å². The topological polar surface area (TPSA) is 39.1 Å². The largest absolute Gasteiger partial charge is 0.506 e. The van der Waals surface area contributed by atoms with Crippen molar-refractivity contribution in [1.29, 1.82) is 0 Å². The molecule has 0 radical (unpaired) electrons. The summed E-state index contributed by atoms with van der Waals surface area (Å²) in [4.78, 5) is 9.42. The lowest BCUT2D eigenvalue weighted by Crippen LogP contribution is -2.46. The van der Waals surface area contributed by atoms with E-state index in [1.807, 2.05) is 24.3 Å². The van der Waals surface area contributed by atoms with Gasteiger partial charge in [0.25, 0.3) is 0 Å². The molecule has 1 fully saturated rings. The molecular formula is C19H22Br2ClN3O. The predicted octanol–water partition coefficient (Wildman–Crippen LogP) is 5.23. The molecule has 0 saturated carbocycles. The van der Waals surface area contributed by atoms with Crippen LogP contribution in [0.1, 0.15) is 12.5 Å². The minimum Gasteiger partial charge on any atom is -0.506 e. The number of benzene rings is 2. The summed E-state index contributed by atoms with van der Waals surface area (Å²) in [5, 5.41) is 9.76. The molecule has 1 saturated heterocycles. The minimum absolute atomic E-state index is 0. The van der Waals surface area contributed by atoms with E-state index < -0.39 is 0 Å². The van der Waals surface area contributed by atoms with Crippen LogP contribution in [0.25, 0.3) is 0 Å². The van der Waals surface area contributed by atoms with Gasteiger partial charge in [0.05, 0.1) is 14.6 Å². The monoisotopic (exact) mass is 501 g/mol. The number of halogens is 3. The highest BCUT2D eigenvalue weighted by Crippen LogP contribution is 2.33. The highest BCUT2D eigenvalue weighted by atomic mass is 79.9. The van der Waals surface area contributed by atoms with Crippen LogP contribution in [0.2, 0.25) is 0 Å². The zero-order valence-corrected chi connectivity index (χ0v) is 18.5. The summed E-state index contributed by atoms with van der Waals surface area (Å²) in [5.74, 6) is 0.199. The number of hydrogen-bond acceptors (Lipinski definition) is 4. The van der Waals surface area contributed by atoms with Crippen molar-refractivity contribution in [2.75, 3.05) is 37.6 Å². The molecule has 0 amide bonds. The lowest BCUT2D eigenvalue weighted by Gasteiger charge is -2.35. The Bertz CT molecular complexity index is 737. The third-order valence-corrected chi connectivity index (χ3v) is 5.65. The summed E-state index contributed by atoms with van der Waals surface area (Å²) in [5.41, 5.74) is 3.08. The van der Waals surface area contributed by atoms with Crippen molar-refractivity contribution >= 4 is 61.9 Å². The number of aliphatic imine (C=N–C) groups is 1. The van der Waals surface area contributed by atoms with E-state index in [4.69, 9.17) is 0 Å². The van der Waals surface area contributed by atoms with E-state index >= 15 is 0 Å². The summed E-state index contributed by atoms with van der Waals surface area (Å²) in [6, 6.07) is 12.0. The Balaban J connectivity index is 0.00000243. The fourth-order valence-corrected chi connectivity index (χ4v) is 4.10. The number of hydrogen-bond donors (Lipinski definition) is 1. The molecule has 0 unspecified atom stereocenters. The quantitative estimate of drug-likeness (QED) is 0.581. The summed E-state index contributed by atoms with van der Waals surface area (Å²) in [7, 11) is 0. The van der Waals surface area contributed by atoms with Crippen LogP contribution in [-0.4, -0.2) is 48.9 Å². The summed E-state index contributed by atoms with van der Waals surface area (Å²) in [6.45, 7) is 7.75. The van der Waals surface area contributed by atoms with Crippen LogP contribution in [0.5, 0.6) is 5.75 Å². The van der Waals surface area contributed by atoms with E-state index in [0.717, 1.165) is 44.0 Å². The number of phenolic OH excluding ortho intramolecular Hbond substituents is 1. The first-order chi connectivity index (χ1) is 12.1. The molecule has 140 valence electrons. The second-order valence-corrected chi connectivity index (χ2v) is 7.74. The lowest BCUT2D eigenvalue weighted by molar-refractivity contribution is 0.271. The summed E-state index contributed by atoms with van der Waals surface area (Å²) >= 11 is 6.67. The fourth-order valence-electron chi connectivity index (χ4n) is 2.88. The van der Waals surface area contributed by atoms with Crippen LogP contribution in [0, 0.1) is 0 Å². The van der Waals surface area contributed by atoms with Crippen molar-refractivity contribution in [3.63, 3.8) is 0 Å². The van der Waals surface area contributed by atoms with E-state index in [0.29, 0.717) is 8.95 Å². The molecule has 0 spiro atoms. The average molecular weight is 504 g/mol. The van der Waals surface area contributed by atoms with Gasteiger partial charge in [-0.3, -0.25) is 4.99 Å². The Morgan fingerprint density at radius 2 is 1.62 bits per heavy atom. The highest BCUT2D eigenvalue weighted by molar-refractivity contribution is 9.11. The number of anilines is 1. The number of piperazine rings is 1. The van der Waals surface area contributed by atoms with Crippen molar-refractivity contribution in [1.82, 2.24) is 4.90 Å². The average Bonchev–Trinajstić information content (AvgIpc) is 2.65. The highest BCUT2D eigenvalue weighted by Gasteiger charge is 2.15. The van der Waals surface area contributed by atoms with Crippen LogP contribution in [0.15, 0.2) is 50.3 Å². The smallest absolute Gasteiger partial charge is 0.143 e. The van der Waals surface area contributed by atoms with Gasteiger partial charge in [-0.25, -0.2) is 0 Å². The van der Waals surface area contributed by atoms with E-state index in [2.05, 4.69) is 65.7 Å². The molecule has 1 aliphatic rings. The molecule has 0 bridgehead atoms. The van der Waals surface area contributed by atoms with Crippen LogP contribution in [-0.2, 0) is 0 Å². The Kier molecular flexibility index (Phi) is 7.95. The van der Waals surface area contributed by atoms with Gasteiger partial charge in [0, 0.05) is 38.1 Å². The zero-order valence-electron chi connectivity index (χ0n) is 14.5. The van der Waals surface area contributed by atoms with Crippen molar-refractivity contribution < 1.29 is 5.11 Å². The van der Waals surface area contributed by atoms with Gasteiger partial charge in [-0.15, -0.1) is 12.4 Å². The molecule has 2 aromatic rings. The standard InChI is InChI=1S/C19H21Br2N3O.ClH/c1-2-23-7-9-24(10-8-23)16-5-3-15(4-6-16)22-13-14-11-17(20)19(25)18(21)12-14;/h3-6,11-13,25H,2,7-10H2,1H3;1H. The van der Waals surface area contributed by atoms with Crippen LogP contribution in [0.3, 0.4) is 0 Å². The van der Waals surface area contributed by atoms with Gasteiger partial charge in [-0.1, -0.05) is 6.92 Å². The predicted molar refractivity (Wildman–Crippen MR) is 119 cm³/mol. The molecule has 26 heavy (non-hydrogen) atoms. The number of aromatic hydroxyl groups is 1. The van der Waals surface area contributed by atoms with Gasteiger partial charge in [0.15, 0.2) is 0 Å². The first-order valence-electron chi connectivity index (χ1n) is 8.36. The van der Waals surface area contributed by atoms with Crippen molar-refractivity contribution in [2.24, 2.45) is 4.99 Å². The fraction of sp³-hybridized carbons (Fsp3) is 0.316. The van der Waals surface area contributed by atoms with Gasteiger partial charge in [0.2, 0.25) is 0 Å². The third-order valence-electron chi connectivity index (χ3n) is 4.44. The molecule has 1 aliphatic heterocycles. The molecule has 1 N–H and O–H groups in total. The Labute approximate surface area is 177 Å². The molecular weight excluding hydrogens is 481 g/mol. The number of phenols is 1. The van der Waals surface area contributed by atoms with Gasteiger partial charge in [0.1, 0.15) is 5.75 Å². The second-order valence-electron chi connectivity index (χ2n) is 6.03. The summed E-state index contributed by atoms with van der Waals surface area (Å²) in [6.07, 6.45) is 1.80. The Morgan fingerprint density at radius 1 is 1.04 bits per heavy atom. The zero-order chi connectivity index (χ0) is 17.8.